The molecule has 2 aromatic rings. The number of carbonyl (C=O) groups is 1. The van der Waals surface area contributed by atoms with Crippen LogP contribution in [-0.2, 0) is 6.42 Å². The number of nitrogens with zero attached hydrogens (tertiary/aromatic N) is 2. The summed E-state index contributed by atoms with van der Waals surface area (Å²) in [6.45, 7) is 3.02. The molecule has 0 radical (unpaired) electrons. The van der Waals surface area contributed by atoms with E-state index in [1.165, 1.54) is 6.20 Å². The molecule has 2 aromatic heterocycles. The molecule has 5 nitrogen and oxygen atoms in total. The molecule has 1 amide bonds. The van der Waals surface area contributed by atoms with E-state index in [0.29, 0.717) is 24.6 Å². The van der Waals surface area contributed by atoms with E-state index in [2.05, 4.69) is 15.3 Å². The fourth-order valence-electron chi connectivity index (χ4n) is 1.72. The van der Waals surface area contributed by atoms with Gasteiger partial charge in [0.25, 0.3) is 5.91 Å². The lowest BCUT2D eigenvalue weighted by Crippen LogP contribution is -2.25. The van der Waals surface area contributed by atoms with Gasteiger partial charge in [-0.25, -0.2) is 4.98 Å². The summed E-state index contributed by atoms with van der Waals surface area (Å²) < 4.78 is 5.23. The second-order valence-corrected chi connectivity index (χ2v) is 4.19. The van der Waals surface area contributed by atoms with Gasteiger partial charge in [0, 0.05) is 31.2 Å². The zero-order chi connectivity index (χ0) is 14.2. The van der Waals surface area contributed by atoms with Crippen molar-refractivity contribution < 1.29 is 9.53 Å². The van der Waals surface area contributed by atoms with Gasteiger partial charge in [-0.1, -0.05) is 6.07 Å². The first-order chi connectivity index (χ1) is 9.79. The molecule has 2 rings (SSSR count). The van der Waals surface area contributed by atoms with E-state index in [1.807, 2.05) is 19.1 Å². The van der Waals surface area contributed by atoms with Crippen molar-refractivity contribution in [2.45, 2.75) is 13.3 Å². The molecule has 0 spiro atoms. The van der Waals surface area contributed by atoms with E-state index in [9.17, 15) is 4.79 Å². The Balaban J connectivity index is 1.82. The minimum atomic E-state index is -0.135. The van der Waals surface area contributed by atoms with Crippen molar-refractivity contribution in [2.24, 2.45) is 0 Å². The molecule has 0 aliphatic carbocycles. The van der Waals surface area contributed by atoms with Crippen LogP contribution in [0.2, 0.25) is 0 Å². The maximum absolute atomic E-state index is 11.9. The molecule has 0 bridgehead atoms. The Labute approximate surface area is 118 Å². The second kappa shape index (κ2) is 7.23. The van der Waals surface area contributed by atoms with E-state index < -0.39 is 0 Å². The molecule has 0 saturated heterocycles. The molecule has 2 heterocycles. The van der Waals surface area contributed by atoms with Gasteiger partial charge in [-0.3, -0.25) is 9.78 Å². The Morgan fingerprint density at radius 3 is 2.85 bits per heavy atom. The average Bonchev–Trinajstić information content (AvgIpc) is 2.49. The summed E-state index contributed by atoms with van der Waals surface area (Å²) in [5.74, 6) is 0.392. The van der Waals surface area contributed by atoms with Crippen LogP contribution in [0.25, 0.3) is 0 Å². The summed E-state index contributed by atoms with van der Waals surface area (Å²) in [5, 5.41) is 2.85. The number of aromatic nitrogens is 2. The fourth-order valence-corrected chi connectivity index (χ4v) is 1.72. The van der Waals surface area contributed by atoms with Crippen LogP contribution in [0.15, 0.2) is 42.9 Å². The molecule has 0 aliphatic heterocycles. The maximum Gasteiger partial charge on any atom is 0.252 e. The summed E-state index contributed by atoms with van der Waals surface area (Å²) in [4.78, 5) is 20.0. The molecule has 1 N–H and O–H groups in total. The number of hydrogen-bond donors (Lipinski definition) is 1. The third-order valence-electron chi connectivity index (χ3n) is 2.71. The van der Waals surface area contributed by atoms with Gasteiger partial charge >= 0.3 is 0 Å². The number of ether oxygens (including phenoxy) is 1. The molecule has 0 aliphatic rings. The number of carbonyl (C=O) groups excluding carboxylic acids is 1. The molecule has 0 saturated carbocycles. The Morgan fingerprint density at radius 1 is 1.30 bits per heavy atom. The Hall–Kier alpha value is -2.43. The highest BCUT2D eigenvalue weighted by atomic mass is 16.5. The molecule has 0 aromatic carbocycles. The van der Waals surface area contributed by atoms with Crippen LogP contribution >= 0.6 is 0 Å². The van der Waals surface area contributed by atoms with Gasteiger partial charge < -0.3 is 10.1 Å². The van der Waals surface area contributed by atoms with Gasteiger partial charge in [0.1, 0.15) is 0 Å². The zero-order valence-electron chi connectivity index (χ0n) is 11.4. The standard InChI is InChI=1S/C15H17N3O2/c1-2-20-14-6-5-13(11-18-14)15(19)17-9-7-12-4-3-8-16-10-12/h3-6,8,10-11H,2,7,9H2,1H3,(H,17,19). The van der Waals surface area contributed by atoms with Gasteiger partial charge in [-0.15, -0.1) is 0 Å². The van der Waals surface area contributed by atoms with Crippen molar-refractivity contribution in [1.82, 2.24) is 15.3 Å². The predicted molar refractivity (Wildman–Crippen MR) is 75.7 cm³/mol. The van der Waals surface area contributed by atoms with Crippen molar-refractivity contribution in [1.29, 1.82) is 0 Å². The lowest BCUT2D eigenvalue weighted by Gasteiger charge is -2.06. The minimum absolute atomic E-state index is 0.135. The van der Waals surface area contributed by atoms with Gasteiger partial charge in [0.15, 0.2) is 0 Å². The normalized spacial score (nSPS) is 10.1. The van der Waals surface area contributed by atoms with Crippen LogP contribution in [0.3, 0.4) is 0 Å². The van der Waals surface area contributed by atoms with E-state index >= 15 is 0 Å². The first-order valence-corrected chi connectivity index (χ1v) is 6.55. The van der Waals surface area contributed by atoms with E-state index in [4.69, 9.17) is 4.74 Å². The summed E-state index contributed by atoms with van der Waals surface area (Å²) >= 11 is 0. The molecular weight excluding hydrogens is 254 g/mol. The minimum Gasteiger partial charge on any atom is -0.478 e. The van der Waals surface area contributed by atoms with Crippen molar-refractivity contribution in [2.75, 3.05) is 13.2 Å². The van der Waals surface area contributed by atoms with Gasteiger partial charge in [-0.05, 0) is 31.0 Å². The summed E-state index contributed by atoms with van der Waals surface area (Å²) in [5.41, 5.74) is 1.62. The van der Waals surface area contributed by atoms with Crippen LogP contribution in [0, 0.1) is 0 Å². The van der Waals surface area contributed by atoms with E-state index in [-0.39, 0.29) is 5.91 Å². The first-order valence-electron chi connectivity index (χ1n) is 6.55. The van der Waals surface area contributed by atoms with Crippen molar-refractivity contribution >= 4 is 5.91 Å². The van der Waals surface area contributed by atoms with Crippen molar-refractivity contribution in [3.63, 3.8) is 0 Å². The summed E-state index contributed by atoms with van der Waals surface area (Å²) in [7, 11) is 0. The molecule has 0 atom stereocenters. The maximum atomic E-state index is 11.9. The van der Waals surface area contributed by atoms with Crippen molar-refractivity contribution in [3.05, 3.63) is 54.0 Å². The van der Waals surface area contributed by atoms with E-state index in [0.717, 1.165) is 12.0 Å². The summed E-state index contributed by atoms with van der Waals surface area (Å²) in [6.07, 6.45) is 5.80. The molecule has 20 heavy (non-hydrogen) atoms. The Morgan fingerprint density at radius 2 is 2.20 bits per heavy atom. The number of amides is 1. The smallest absolute Gasteiger partial charge is 0.252 e. The Kier molecular flexibility index (Phi) is 5.06. The monoisotopic (exact) mass is 271 g/mol. The van der Waals surface area contributed by atoms with Gasteiger partial charge in [0.05, 0.1) is 12.2 Å². The summed E-state index contributed by atoms with van der Waals surface area (Å²) in [6, 6.07) is 7.27. The number of pyridine rings is 2. The number of rotatable bonds is 6. The fraction of sp³-hybridized carbons (Fsp3) is 0.267. The van der Waals surface area contributed by atoms with Gasteiger partial charge in [0.2, 0.25) is 5.88 Å². The Bertz CT molecular complexity index is 541. The SMILES string of the molecule is CCOc1ccc(C(=O)NCCc2cccnc2)cn1. The molecule has 5 heteroatoms. The van der Waals surface area contributed by atoms with Crippen LogP contribution in [0.5, 0.6) is 5.88 Å². The molecular formula is C15H17N3O2. The highest BCUT2D eigenvalue weighted by molar-refractivity contribution is 5.93. The predicted octanol–water partition coefficient (Wildman–Crippen LogP) is 1.85. The highest BCUT2D eigenvalue weighted by Gasteiger charge is 2.05. The molecule has 104 valence electrons. The lowest BCUT2D eigenvalue weighted by molar-refractivity contribution is 0.0953. The first kappa shape index (κ1) is 14.0. The second-order valence-electron chi connectivity index (χ2n) is 4.19. The number of hydrogen-bond acceptors (Lipinski definition) is 4. The van der Waals surface area contributed by atoms with Crippen LogP contribution < -0.4 is 10.1 Å². The van der Waals surface area contributed by atoms with E-state index in [1.54, 1.807) is 24.5 Å². The van der Waals surface area contributed by atoms with Crippen LogP contribution in [0.1, 0.15) is 22.8 Å². The van der Waals surface area contributed by atoms with Crippen LogP contribution in [0.4, 0.5) is 0 Å². The third-order valence-corrected chi connectivity index (χ3v) is 2.71. The zero-order valence-corrected chi connectivity index (χ0v) is 11.4. The van der Waals surface area contributed by atoms with Gasteiger partial charge in [-0.2, -0.15) is 0 Å². The third kappa shape index (κ3) is 4.05. The topological polar surface area (TPSA) is 64.1 Å². The highest BCUT2D eigenvalue weighted by Crippen LogP contribution is 2.07. The molecule has 0 fully saturated rings. The number of nitrogens with one attached hydrogen (secondary N) is 1. The molecule has 0 unspecified atom stereocenters. The average molecular weight is 271 g/mol. The van der Waals surface area contributed by atoms with Crippen LogP contribution in [-0.4, -0.2) is 29.0 Å². The quantitative estimate of drug-likeness (QED) is 0.870. The van der Waals surface area contributed by atoms with Crippen molar-refractivity contribution in [3.8, 4) is 5.88 Å². The largest absolute Gasteiger partial charge is 0.478 e. The lowest BCUT2D eigenvalue weighted by atomic mass is 10.2.